The fourth-order valence-electron chi connectivity index (χ4n) is 3.15. The van der Waals surface area contributed by atoms with Crippen LogP contribution >= 0.6 is 12.2 Å². The highest BCUT2D eigenvalue weighted by molar-refractivity contribution is 7.71. The molecule has 0 radical (unpaired) electrons. The van der Waals surface area contributed by atoms with E-state index < -0.39 is 0 Å². The average Bonchev–Trinajstić information content (AvgIpc) is 2.99. The minimum atomic E-state index is -0.146. The molecule has 0 aliphatic carbocycles. The number of benzene rings is 3. The van der Waals surface area contributed by atoms with Crippen LogP contribution in [0.2, 0.25) is 0 Å². The molecule has 27 heavy (non-hydrogen) atoms. The Morgan fingerprint density at radius 2 is 1.41 bits per heavy atom. The normalized spacial score (nSPS) is 11.3. The minimum Gasteiger partial charge on any atom is -0.312 e. The molecule has 1 aromatic heterocycles. The monoisotopic (exact) mass is 370 g/mol. The first-order chi connectivity index (χ1) is 13.2. The van der Waals surface area contributed by atoms with Gasteiger partial charge in [-0.1, -0.05) is 72.8 Å². The Labute approximate surface area is 162 Å². The lowest BCUT2D eigenvalue weighted by molar-refractivity contribution is 0.0972. The molecule has 0 saturated heterocycles. The summed E-state index contributed by atoms with van der Waals surface area (Å²) >= 11 is 5.67. The second kappa shape index (κ2) is 7.56. The molecule has 4 rings (SSSR count). The van der Waals surface area contributed by atoms with Gasteiger partial charge in [0, 0.05) is 6.08 Å². The van der Waals surface area contributed by atoms with E-state index >= 15 is 0 Å². The van der Waals surface area contributed by atoms with Crippen molar-refractivity contribution in [3.05, 3.63) is 107 Å². The molecular formula is C23H18N2OS. The van der Waals surface area contributed by atoms with Crippen molar-refractivity contribution < 1.29 is 4.79 Å². The van der Waals surface area contributed by atoms with Gasteiger partial charge >= 0.3 is 0 Å². The summed E-state index contributed by atoms with van der Waals surface area (Å²) in [5.74, 6) is -0.146. The van der Waals surface area contributed by atoms with Crippen LogP contribution in [0, 0.1) is 4.77 Å². The highest BCUT2D eigenvalue weighted by Gasteiger charge is 2.14. The number of carbonyl (C=O) groups is 1. The van der Waals surface area contributed by atoms with Crippen LogP contribution in [0.15, 0.2) is 91.0 Å². The van der Waals surface area contributed by atoms with Crippen molar-refractivity contribution >= 4 is 35.2 Å². The van der Waals surface area contributed by atoms with Crippen LogP contribution in [0.1, 0.15) is 15.9 Å². The van der Waals surface area contributed by atoms with E-state index in [1.807, 2.05) is 83.4 Å². The van der Waals surface area contributed by atoms with Crippen molar-refractivity contribution in [2.24, 2.45) is 0 Å². The molecule has 4 aromatic rings. The van der Waals surface area contributed by atoms with Gasteiger partial charge in [0.25, 0.3) is 5.91 Å². The van der Waals surface area contributed by atoms with E-state index in [1.54, 1.807) is 10.6 Å². The van der Waals surface area contributed by atoms with Crippen LogP contribution in [0.5, 0.6) is 0 Å². The van der Waals surface area contributed by atoms with Crippen LogP contribution in [0.4, 0.5) is 0 Å². The van der Waals surface area contributed by atoms with E-state index in [9.17, 15) is 4.79 Å². The Kier molecular flexibility index (Phi) is 4.81. The lowest BCUT2D eigenvalue weighted by Gasteiger charge is -2.04. The molecule has 0 bridgehead atoms. The van der Waals surface area contributed by atoms with Gasteiger partial charge < -0.3 is 4.57 Å². The van der Waals surface area contributed by atoms with Crippen molar-refractivity contribution in [2.75, 3.05) is 0 Å². The third-order valence-electron chi connectivity index (χ3n) is 4.46. The zero-order valence-corrected chi connectivity index (χ0v) is 15.5. The first-order valence-corrected chi connectivity index (χ1v) is 9.16. The molecule has 0 atom stereocenters. The van der Waals surface area contributed by atoms with Gasteiger partial charge in [-0.15, -0.1) is 0 Å². The number of carbonyl (C=O) groups excluding carboxylic acids is 1. The maximum absolute atomic E-state index is 12.9. The number of nitrogens with zero attached hydrogens (tertiary/aromatic N) is 2. The standard InChI is InChI=1S/C23H18N2OS/c26-22(16-15-18-9-3-1-4-10-18)25-21-14-8-7-13-20(21)24(23(25)27)17-19-11-5-2-6-12-19/h1-16H,17H2. The fourth-order valence-corrected chi connectivity index (χ4v) is 3.50. The Bertz CT molecular complexity index is 1170. The smallest absolute Gasteiger partial charge is 0.257 e. The summed E-state index contributed by atoms with van der Waals surface area (Å²) in [4.78, 5) is 12.9. The molecule has 3 nitrogen and oxygen atoms in total. The molecule has 0 spiro atoms. The molecule has 0 aliphatic rings. The predicted octanol–water partition coefficient (Wildman–Crippen LogP) is 5.57. The first kappa shape index (κ1) is 17.2. The molecular weight excluding hydrogens is 352 g/mol. The zero-order valence-electron chi connectivity index (χ0n) is 14.7. The molecule has 0 aliphatic heterocycles. The number of hydrogen-bond acceptors (Lipinski definition) is 2. The number of allylic oxidation sites excluding steroid dienone is 1. The Balaban J connectivity index is 1.77. The van der Waals surface area contributed by atoms with E-state index in [0.717, 1.165) is 22.2 Å². The molecule has 0 unspecified atom stereocenters. The summed E-state index contributed by atoms with van der Waals surface area (Å²) in [5.41, 5.74) is 3.89. The second-order valence-corrected chi connectivity index (χ2v) is 6.63. The van der Waals surface area contributed by atoms with Crippen LogP contribution in [-0.4, -0.2) is 15.0 Å². The second-order valence-electron chi connectivity index (χ2n) is 6.26. The van der Waals surface area contributed by atoms with E-state index in [-0.39, 0.29) is 5.91 Å². The van der Waals surface area contributed by atoms with Crippen LogP contribution in [0.25, 0.3) is 17.1 Å². The van der Waals surface area contributed by atoms with Crippen molar-refractivity contribution in [1.29, 1.82) is 0 Å². The largest absolute Gasteiger partial charge is 0.312 e. The van der Waals surface area contributed by atoms with Gasteiger partial charge in [-0.25, -0.2) is 0 Å². The number of para-hydroxylation sites is 2. The first-order valence-electron chi connectivity index (χ1n) is 8.76. The maximum Gasteiger partial charge on any atom is 0.257 e. The number of aromatic nitrogens is 2. The fraction of sp³-hybridized carbons (Fsp3) is 0.0435. The van der Waals surface area contributed by atoms with Gasteiger partial charge in [-0.2, -0.15) is 0 Å². The van der Waals surface area contributed by atoms with Crippen LogP contribution in [0.3, 0.4) is 0 Å². The summed E-state index contributed by atoms with van der Waals surface area (Å²) in [7, 11) is 0. The number of rotatable bonds is 4. The summed E-state index contributed by atoms with van der Waals surface area (Å²) in [6.07, 6.45) is 3.39. The molecule has 0 amide bonds. The Hall–Kier alpha value is -3.24. The summed E-state index contributed by atoms with van der Waals surface area (Å²) in [6.45, 7) is 0.628. The summed E-state index contributed by atoms with van der Waals surface area (Å²) < 4.78 is 4.11. The van der Waals surface area contributed by atoms with Crippen molar-refractivity contribution in [1.82, 2.24) is 9.13 Å². The predicted molar refractivity (Wildman–Crippen MR) is 112 cm³/mol. The minimum absolute atomic E-state index is 0.146. The van der Waals surface area contributed by atoms with Crippen molar-refractivity contribution in [2.45, 2.75) is 6.54 Å². The average molecular weight is 370 g/mol. The molecule has 0 N–H and O–H groups in total. The van der Waals surface area contributed by atoms with Crippen LogP contribution in [-0.2, 0) is 6.54 Å². The number of fused-ring (bicyclic) bond motifs is 1. The van der Waals surface area contributed by atoms with Gasteiger partial charge in [-0.05, 0) is 41.6 Å². The highest BCUT2D eigenvalue weighted by atomic mass is 32.1. The van der Waals surface area contributed by atoms with E-state index in [2.05, 4.69) is 12.1 Å². The molecule has 132 valence electrons. The summed E-state index contributed by atoms with van der Waals surface area (Å²) in [6, 6.07) is 27.7. The zero-order chi connectivity index (χ0) is 18.6. The molecule has 0 fully saturated rings. The van der Waals surface area contributed by atoms with E-state index in [4.69, 9.17) is 12.2 Å². The maximum atomic E-state index is 12.9. The quantitative estimate of drug-likeness (QED) is 0.347. The molecule has 0 saturated carbocycles. The topological polar surface area (TPSA) is 26.9 Å². The third-order valence-corrected chi connectivity index (χ3v) is 4.86. The Morgan fingerprint density at radius 1 is 0.815 bits per heavy atom. The molecule has 3 aromatic carbocycles. The van der Waals surface area contributed by atoms with Crippen molar-refractivity contribution in [3.8, 4) is 0 Å². The van der Waals surface area contributed by atoms with Gasteiger partial charge in [0.1, 0.15) is 0 Å². The van der Waals surface area contributed by atoms with Crippen molar-refractivity contribution in [3.63, 3.8) is 0 Å². The number of imidazole rings is 1. The van der Waals surface area contributed by atoms with E-state index in [1.165, 1.54) is 0 Å². The SMILES string of the molecule is O=C(C=Cc1ccccc1)n1c(=S)n(Cc2ccccc2)c2ccccc21. The van der Waals surface area contributed by atoms with Gasteiger partial charge in [0.2, 0.25) is 0 Å². The lowest BCUT2D eigenvalue weighted by Crippen LogP contribution is -2.09. The van der Waals surface area contributed by atoms with Crippen LogP contribution < -0.4 is 0 Å². The molecule has 4 heteroatoms. The van der Waals surface area contributed by atoms with Gasteiger partial charge in [0.15, 0.2) is 4.77 Å². The highest BCUT2D eigenvalue weighted by Crippen LogP contribution is 2.20. The van der Waals surface area contributed by atoms with E-state index in [0.29, 0.717) is 11.3 Å². The summed E-state index contributed by atoms with van der Waals surface area (Å²) in [5, 5.41) is 0. The number of hydrogen-bond donors (Lipinski definition) is 0. The lowest BCUT2D eigenvalue weighted by atomic mass is 10.2. The third kappa shape index (κ3) is 3.52. The molecule has 1 heterocycles. The van der Waals surface area contributed by atoms with Gasteiger partial charge in [-0.3, -0.25) is 9.36 Å². The van der Waals surface area contributed by atoms with Gasteiger partial charge in [0.05, 0.1) is 17.6 Å². The Morgan fingerprint density at radius 3 is 2.11 bits per heavy atom.